The molecule has 0 bridgehead atoms. The maximum atomic E-state index is 15.4. The summed E-state index contributed by atoms with van der Waals surface area (Å²) in [6, 6.07) is 11.5. The van der Waals surface area contributed by atoms with Crippen LogP contribution >= 0.6 is 23.2 Å². The lowest BCUT2D eigenvalue weighted by atomic mass is 10.0. The first-order chi connectivity index (χ1) is 21.8. The van der Waals surface area contributed by atoms with Gasteiger partial charge in [-0.3, -0.25) is 9.78 Å². The van der Waals surface area contributed by atoms with E-state index in [0.717, 1.165) is 6.42 Å². The summed E-state index contributed by atoms with van der Waals surface area (Å²) in [4.78, 5) is 20.0. The van der Waals surface area contributed by atoms with Gasteiger partial charge in [0, 0.05) is 78.9 Å². The van der Waals surface area contributed by atoms with Crippen LogP contribution in [0, 0.1) is 11.6 Å². The number of nitrogens with zero attached hydrogens (tertiary/aromatic N) is 2. The van der Waals surface area contributed by atoms with Crippen molar-refractivity contribution in [2.24, 2.45) is 0 Å². The molecule has 45 heavy (non-hydrogen) atoms. The fraction of sp³-hybridized carbons (Fsp3) is 0.281. The predicted octanol–water partition coefficient (Wildman–Crippen LogP) is 5.60. The first-order valence-electron chi connectivity index (χ1n) is 14.3. The number of nitrogens with one attached hydrogen (secondary N) is 4. The van der Waals surface area contributed by atoms with Gasteiger partial charge in [-0.25, -0.2) is 13.8 Å². The van der Waals surface area contributed by atoms with E-state index in [2.05, 4.69) is 31.2 Å². The monoisotopic (exact) mass is 656 g/mol. The molecule has 0 spiro atoms. The van der Waals surface area contributed by atoms with Gasteiger partial charge < -0.3 is 31.1 Å². The van der Waals surface area contributed by atoms with Crippen LogP contribution in [0.1, 0.15) is 24.0 Å². The molecular formula is C32H32Cl2F2N6O3. The molecule has 0 radical (unpaired) electrons. The highest BCUT2D eigenvalue weighted by Gasteiger charge is 2.22. The van der Waals surface area contributed by atoms with E-state index >= 15 is 8.78 Å². The molecule has 236 valence electrons. The largest absolute Gasteiger partial charge is 0.496 e. The average Bonchev–Trinajstić information content (AvgIpc) is 3.45. The number of hydrogen-bond donors (Lipinski definition) is 5. The summed E-state index contributed by atoms with van der Waals surface area (Å²) in [7, 11) is 1.46. The fourth-order valence-electron chi connectivity index (χ4n) is 5.13. The number of anilines is 2. The zero-order chi connectivity index (χ0) is 31.9. The first kappa shape index (κ1) is 32.5. The van der Waals surface area contributed by atoms with E-state index in [9.17, 15) is 4.79 Å². The van der Waals surface area contributed by atoms with Gasteiger partial charge >= 0.3 is 0 Å². The Morgan fingerprint density at radius 2 is 1.84 bits per heavy atom. The van der Waals surface area contributed by atoms with Crippen LogP contribution in [0.2, 0.25) is 10.0 Å². The third-order valence-corrected chi connectivity index (χ3v) is 8.22. The molecule has 0 aliphatic carbocycles. The minimum Gasteiger partial charge on any atom is -0.496 e. The van der Waals surface area contributed by atoms with E-state index in [-0.39, 0.29) is 47.5 Å². The van der Waals surface area contributed by atoms with E-state index in [4.69, 9.17) is 33.0 Å². The van der Waals surface area contributed by atoms with Crippen molar-refractivity contribution in [1.82, 2.24) is 25.9 Å². The topological polar surface area (TPSA) is 120 Å². The molecule has 1 aliphatic rings. The van der Waals surface area contributed by atoms with Crippen LogP contribution in [0.3, 0.4) is 0 Å². The third-order valence-electron chi connectivity index (χ3n) is 7.43. The van der Waals surface area contributed by atoms with E-state index in [1.54, 1.807) is 42.6 Å². The third kappa shape index (κ3) is 7.51. The number of aromatic nitrogens is 2. The Labute approximate surface area is 269 Å². The summed E-state index contributed by atoms with van der Waals surface area (Å²) in [5.41, 5.74) is 2.93. The Hall–Kier alpha value is -3.87. The summed E-state index contributed by atoms with van der Waals surface area (Å²) >= 11 is 13.7. The standard InChI is InChI=1S/C32H32Cl2F2N6O3/c1-45-26-14-19(13-24(35)23(26)17-38-16-20-5-6-27(44)41-20)31-29(34)22(8-10-39-31)21-3-2-4-25(28(21)33)42-32-30(36)18(7-9-40-32)15-37-11-12-43/h2-4,7-10,13-14,20,37-38,43H,5-6,11-12,15-17H2,1H3,(H,40,42)(H,41,44)/t20-/m0/s1. The average molecular weight is 658 g/mol. The first-order valence-corrected chi connectivity index (χ1v) is 15.1. The van der Waals surface area contributed by atoms with E-state index in [0.29, 0.717) is 64.5 Å². The molecule has 2 aromatic carbocycles. The Morgan fingerprint density at radius 1 is 1.04 bits per heavy atom. The number of halogens is 4. The molecular weight excluding hydrogens is 625 g/mol. The van der Waals surface area contributed by atoms with Gasteiger partial charge in [-0.1, -0.05) is 35.3 Å². The Balaban J connectivity index is 1.40. The quantitative estimate of drug-likeness (QED) is 0.118. The number of pyridine rings is 2. The Kier molecular flexibility index (Phi) is 10.8. The van der Waals surface area contributed by atoms with E-state index in [1.165, 1.54) is 19.4 Å². The van der Waals surface area contributed by atoms with Crippen molar-refractivity contribution in [3.8, 4) is 28.1 Å². The summed E-state index contributed by atoms with van der Waals surface area (Å²) in [5, 5.41) is 21.5. The van der Waals surface area contributed by atoms with Crippen LogP contribution in [0.25, 0.3) is 22.4 Å². The number of carbonyl (C=O) groups is 1. The second-order valence-corrected chi connectivity index (χ2v) is 11.2. The SMILES string of the molecule is COc1cc(-c2nccc(-c3cccc(Nc4nccc(CNCCO)c4F)c3Cl)c2Cl)cc(F)c1CNC[C@@H]1CCC(=O)N1. The van der Waals surface area contributed by atoms with E-state index < -0.39 is 11.6 Å². The van der Waals surface area contributed by atoms with Gasteiger partial charge in [0.25, 0.3) is 0 Å². The zero-order valence-corrected chi connectivity index (χ0v) is 25.9. The van der Waals surface area contributed by atoms with Crippen LogP contribution in [0.4, 0.5) is 20.3 Å². The summed E-state index contributed by atoms with van der Waals surface area (Å²) in [6.45, 7) is 1.20. The van der Waals surface area contributed by atoms with Gasteiger partial charge in [-0.2, -0.15) is 0 Å². The maximum Gasteiger partial charge on any atom is 0.220 e. The van der Waals surface area contributed by atoms with Gasteiger partial charge in [0.1, 0.15) is 11.6 Å². The van der Waals surface area contributed by atoms with Gasteiger partial charge in [-0.05, 0) is 36.8 Å². The predicted molar refractivity (Wildman–Crippen MR) is 171 cm³/mol. The lowest BCUT2D eigenvalue weighted by Crippen LogP contribution is -2.35. The molecule has 0 unspecified atom stereocenters. The maximum absolute atomic E-state index is 15.4. The van der Waals surface area contributed by atoms with Crippen molar-refractivity contribution in [2.45, 2.75) is 32.0 Å². The second kappa shape index (κ2) is 14.9. The van der Waals surface area contributed by atoms with Crippen molar-refractivity contribution in [2.75, 3.05) is 32.1 Å². The number of benzene rings is 2. The number of amides is 1. The molecule has 3 heterocycles. The Bertz CT molecular complexity index is 1690. The molecule has 0 saturated carbocycles. The van der Waals surface area contributed by atoms with Crippen molar-refractivity contribution in [3.63, 3.8) is 0 Å². The summed E-state index contributed by atoms with van der Waals surface area (Å²) in [5.74, 6) is -0.713. The van der Waals surface area contributed by atoms with Crippen molar-refractivity contribution < 1.29 is 23.4 Å². The highest BCUT2D eigenvalue weighted by molar-refractivity contribution is 6.39. The summed E-state index contributed by atoms with van der Waals surface area (Å²) in [6.07, 6.45) is 4.26. The highest BCUT2D eigenvalue weighted by Crippen LogP contribution is 2.42. The molecule has 9 nitrogen and oxygen atoms in total. The number of methoxy groups -OCH3 is 1. The van der Waals surface area contributed by atoms with Crippen LogP contribution in [-0.4, -0.2) is 53.8 Å². The van der Waals surface area contributed by atoms with Crippen LogP contribution in [-0.2, 0) is 17.9 Å². The minimum absolute atomic E-state index is 0.0102. The molecule has 13 heteroatoms. The second-order valence-electron chi connectivity index (χ2n) is 10.4. The van der Waals surface area contributed by atoms with Crippen molar-refractivity contribution in [3.05, 3.63) is 87.7 Å². The van der Waals surface area contributed by atoms with Crippen LogP contribution < -0.4 is 26.0 Å². The Morgan fingerprint density at radius 3 is 2.60 bits per heavy atom. The zero-order valence-electron chi connectivity index (χ0n) is 24.4. The van der Waals surface area contributed by atoms with E-state index in [1.807, 2.05) is 0 Å². The lowest BCUT2D eigenvalue weighted by molar-refractivity contribution is -0.119. The van der Waals surface area contributed by atoms with Gasteiger partial charge in [0.05, 0.1) is 35.1 Å². The molecule has 4 aromatic rings. The van der Waals surface area contributed by atoms with Crippen LogP contribution in [0.5, 0.6) is 5.75 Å². The molecule has 1 aliphatic heterocycles. The number of carbonyl (C=O) groups excluding carboxylic acids is 1. The molecule has 1 fully saturated rings. The molecule has 1 atom stereocenters. The number of hydrogen-bond acceptors (Lipinski definition) is 8. The normalized spacial score (nSPS) is 14.4. The molecule has 2 aromatic heterocycles. The smallest absolute Gasteiger partial charge is 0.220 e. The number of ether oxygens (including phenoxy) is 1. The van der Waals surface area contributed by atoms with Gasteiger partial charge in [0.15, 0.2) is 11.6 Å². The minimum atomic E-state index is -0.548. The van der Waals surface area contributed by atoms with Crippen molar-refractivity contribution >= 4 is 40.6 Å². The number of rotatable bonds is 13. The molecule has 1 saturated heterocycles. The molecule has 1 amide bonds. The lowest BCUT2D eigenvalue weighted by Gasteiger charge is -2.17. The number of aliphatic hydroxyl groups excluding tert-OH is 1. The van der Waals surface area contributed by atoms with Gasteiger partial charge in [0.2, 0.25) is 5.91 Å². The number of aliphatic hydroxyl groups is 1. The molecule has 5 N–H and O–H groups in total. The summed E-state index contributed by atoms with van der Waals surface area (Å²) < 4.78 is 36.1. The fourth-order valence-corrected chi connectivity index (χ4v) is 5.73. The van der Waals surface area contributed by atoms with Crippen LogP contribution in [0.15, 0.2) is 54.9 Å². The molecule has 5 rings (SSSR count). The van der Waals surface area contributed by atoms with Gasteiger partial charge in [-0.15, -0.1) is 0 Å². The highest BCUT2D eigenvalue weighted by atomic mass is 35.5. The van der Waals surface area contributed by atoms with Crippen molar-refractivity contribution in [1.29, 1.82) is 0 Å².